The summed E-state index contributed by atoms with van der Waals surface area (Å²) in [6.45, 7) is 5.51. The molecule has 0 radical (unpaired) electrons. The van der Waals surface area contributed by atoms with Crippen molar-refractivity contribution in [3.8, 4) is 0 Å². The van der Waals surface area contributed by atoms with E-state index in [2.05, 4.69) is 6.58 Å². The second kappa shape index (κ2) is 4.61. The van der Waals surface area contributed by atoms with Crippen LogP contribution in [0.2, 0.25) is 0 Å². The van der Waals surface area contributed by atoms with Crippen molar-refractivity contribution in [2.75, 3.05) is 0 Å². The lowest BCUT2D eigenvalue weighted by Crippen LogP contribution is -2.13. The van der Waals surface area contributed by atoms with E-state index in [-0.39, 0.29) is 0 Å². The first-order valence-electron chi connectivity index (χ1n) is 4.54. The Labute approximate surface area is 83.9 Å². The number of carboxylic acid groups (broad SMARTS) is 1. The van der Waals surface area contributed by atoms with Crippen LogP contribution in [0, 0.1) is 12.8 Å². The molecule has 0 saturated heterocycles. The van der Waals surface area contributed by atoms with E-state index < -0.39 is 11.9 Å². The van der Waals surface area contributed by atoms with Crippen LogP contribution in [-0.2, 0) is 11.2 Å². The number of hydrogen-bond donors (Lipinski definition) is 1. The van der Waals surface area contributed by atoms with E-state index in [4.69, 9.17) is 5.11 Å². The summed E-state index contributed by atoms with van der Waals surface area (Å²) in [6, 6.07) is 7.87. The Morgan fingerprint density at radius 2 is 2.36 bits per heavy atom. The molecule has 1 aromatic carbocycles. The maximum atomic E-state index is 10.7. The summed E-state index contributed by atoms with van der Waals surface area (Å²) in [5.41, 5.74) is 2.19. The first kappa shape index (κ1) is 10.5. The number of rotatable bonds is 4. The van der Waals surface area contributed by atoms with Crippen molar-refractivity contribution in [2.24, 2.45) is 5.92 Å². The maximum Gasteiger partial charge on any atom is 0.310 e. The lowest BCUT2D eigenvalue weighted by atomic mass is 9.98. The molecule has 0 heterocycles. The fourth-order valence-corrected chi connectivity index (χ4v) is 1.36. The summed E-state index contributed by atoms with van der Waals surface area (Å²) >= 11 is 0. The summed E-state index contributed by atoms with van der Waals surface area (Å²) < 4.78 is 0. The number of aryl methyl sites for hydroxylation is 1. The van der Waals surface area contributed by atoms with E-state index in [0.717, 1.165) is 11.1 Å². The predicted octanol–water partition coefficient (Wildman–Crippen LogP) is 2.42. The van der Waals surface area contributed by atoms with Crippen LogP contribution in [0.5, 0.6) is 0 Å². The molecule has 2 heteroatoms. The zero-order valence-electron chi connectivity index (χ0n) is 8.23. The van der Waals surface area contributed by atoms with Gasteiger partial charge in [-0.25, -0.2) is 0 Å². The van der Waals surface area contributed by atoms with Crippen LogP contribution < -0.4 is 0 Å². The molecule has 0 aliphatic carbocycles. The minimum absolute atomic E-state index is 0.489. The van der Waals surface area contributed by atoms with E-state index in [1.165, 1.54) is 6.08 Å². The van der Waals surface area contributed by atoms with Crippen LogP contribution in [-0.4, -0.2) is 11.1 Å². The Bertz CT molecular complexity index is 342. The average Bonchev–Trinajstić information content (AvgIpc) is 2.14. The second-order valence-electron chi connectivity index (χ2n) is 3.37. The standard InChI is InChI=1S/C12H14O2/c1-3-11(12(13)14)8-10-6-4-5-9(2)7-10/h3-7,11H,1,8H2,2H3,(H,13,14). The number of benzene rings is 1. The van der Waals surface area contributed by atoms with Gasteiger partial charge in [-0.3, -0.25) is 4.79 Å². The molecule has 0 aromatic heterocycles. The number of carbonyl (C=O) groups is 1. The van der Waals surface area contributed by atoms with Gasteiger partial charge in [-0.15, -0.1) is 6.58 Å². The highest BCUT2D eigenvalue weighted by atomic mass is 16.4. The van der Waals surface area contributed by atoms with Crippen molar-refractivity contribution in [2.45, 2.75) is 13.3 Å². The highest BCUT2D eigenvalue weighted by Gasteiger charge is 2.13. The third kappa shape index (κ3) is 2.73. The van der Waals surface area contributed by atoms with Gasteiger partial charge in [-0.1, -0.05) is 35.9 Å². The first-order chi connectivity index (χ1) is 6.63. The molecule has 0 fully saturated rings. The van der Waals surface area contributed by atoms with Gasteiger partial charge in [0.05, 0.1) is 5.92 Å². The van der Waals surface area contributed by atoms with Gasteiger partial charge in [-0.05, 0) is 18.9 Å². The molecule has 0 aliphatic rings. The Morgan fingerprint density at radius 1 is 1.64 bits per heavy atom. The molecular weight excluding hydrogens is 176 g/mol. The molecule has 0 bridgehead atoms. The Hall–Kier alpha value is -1.57. The third-order valence-corrected chi connectivity index (χ3v) is 2.14. The van der Waals surface area contributed by atoms with Crippen LogP contribution in [0.25, 0.3) is 0 Å². The van der Waals surface area contributed by atoms with Gasteiger partial charge in [0.25, 0.3) is 0 Å². The van der Waals surface area contributed by atoms with Gasteiger partial charge in [0.15, 0.2) is 0 Å². The molecule has 74 valence electrons. The average molecular weight is 190 g/mol. The van der Waals surface area contributed by atoms with Crippen molar-refractivity contribution in [3.63, 3.8) is 0 Å². The summed E-state index contributed by atoms with van der Waals surface area (Å²) in [4.78, 5) is 10.7. The van der Waals surface area contributed by atoms with Crippen molar-refractivity contribution >= 4 is 5.97 Å². The van der Waals surface area contributed by atoms with Crippen molar-refractivity contribution in [1.29, 1.82) is 0 Å². The van der Waals surface area contributed by atoms with Crippen LogP contribution >= 0.6 is 0 Å². The monoisotopic (exact) mass is 190 g/mol. The summed E-state index contributed by atoms with van der Waals surface area (Å²) in [5.74, 6) is -1.31. The Kier molecular flexibility index (Phi) is 3.46. The third-order valence-electron chi connectivity index (χ3n) is 2.14. The van der Waals surface area contributed by atoms with Crippen molar-refractivity contribution < 1.29 is 9.90 Å². The van der Waals surface area contributed by atoms with Gasteiger partial charge in [0.1, 0.15) is 0 Å². The lowest BCUT2D eigenvalue weighted by molar-refractivity contribution is -0.140. The summed E-state index contributed by atoms with van der Waals surface area (Å²) in [5, 5.41) is 8.83. The van der Waals surface area contributed by atoms with Crippen molar-refractivity contribution in [1.82, 2.24) is 0 Å². The van der Waals surface area contributed by atoms with Gasteiger partial charge < -0.3 is 5.11 Å². The van der Waals surface area contributed by atoms with E-state index >= 15 is 0 Å². The van der Waals surface area contributed by atoms with E-state index in [9.17, 15) is 4.79 Å². The second-order valence-corrected chi connectivity index (χ2v) is 3.37. The van der Waals surface area contributed by atoms with E-state index in [1.807, 2.05) is 31.2 Å². The number of hydrogen-bond acceptors (Lipinski definition) is 1. The normalized spacial score (nSPS) is 12.1. The van der Waals surface area contributed by atoms with Gasteiger partial charge in [-0.2, -0.15) is 0 Å². The molecule has 1 aromatic rings. The largest absolute Gasteiger partial charge is 0.481 e. The minimum atomic E-state index is -0.818. The van der Waals surface area contributed by atoms with E-state index in [0.29, 0.717) is 6.42 Å². The molecule has 14 heavy (non-hydrogen) atoms. The zero-order chi connectivity index (χ0) is 10.6. The fourth-order valence-electron chi connectivity index (χ4n) is 1.36. The SMILES string of the molecule is C=CC(Cc1cccc(C)c1)C(=O)O. The zero-order valence-corrected chi connectivity index (χ0v) is 8.23. The Morgan fingerprint density at radius 3 is 2.86 bits per heavy atom. The summed E-state index contributed by atoms with van der Waals surface area (Å²) in [6.07, 6.45) is 1.99. The molecule has 0 spiro atoms. The minimum Gasteiger partial charge on any atom is -0.481 e. The lowest BCUT2D eigenvalue weighted by Gasteiger charge is -2.07. The highest BCUT2D eigenvalue weighted by Crippen LogP contribution is 2.11. The molecule has 1 unspecified atom stereocenters. The molecule has 0 amide bonds. The highest BCUT2D eigenvalue weighted by molar-refractivity contribution is 5.72. The maximum absolute atomic E-state index is 10.7. The van der Waals surface area contributed by atoms with E-state index in [1.54, 1.807) is 0 Å². The van der Waals surface area contributed by atoms with Crippen molar-refractivity contribution in [3.05, 3.63) is 48.0 Å². The van der Waals surface area contributed by atoms with Crippen LogP contribution in [0.15, 0.2) is 36.9 Å². The molecule has 2 nitrogen and oxygen atoms in total. The quantitative estimate of drug-likeness (QED) is 0.740. The molecular formula is C12H14O2. The topological polar surface area (TPSA) is 37.3 Å². The van der Waals surface area contributed by atoms with Crippen LogP contribution in [0.1, 0.15) is 11.1 Å². The van der Waals surface area contributed by atoms with Crippen LogP contribution in [0.4, 0.5) is 0 Å². The molecule has 1 rings (SSSR count). The summed E-state index contributed by atoms with van der Waals surface area (Å²) in [7, 11) is 0. The molecule has 0 saturated carbocycles. The predicted molar refractivity (Wildman–Crippen MR) is 56.2 cm³/mol. The first-order valence-corrected chi connectivity index (χ1v) is 4.54. The van der Waals surface area contributed by atoms with Gasteiger partial charge in [0, 0.05) is 0 Å². The number of aliphatic carboxylic acids is 1. The number of carboxylic acids is 1. The molecule has 1 N–H and O–H groups in total. The molecule has 0 aliphatic heterocycles. The fraction of sp³-hybridized carbons (Fsp3) is 0.250. The van der Waals surface area contributed by atoms with Gasteiger partial charge in [0.2, 0.25) is 0 Å². The van der Waals surface area contributed by atoms with Gasteiger partial charge >= 0.3 is 5.97 Å². The smallest absolute Gasteiger partial charge is 0.310 e. The Balaban J connectivity index is 2.76. The van der Waals surface area contributed by atoms with Crippen LogP contribution in [0.3, 0.4) is 0 Å². The molecule has 1 atom stereocenters.